The number of anilines is 3. The lowest BCUT2D eigenvalue weighted by molar-refractivity contribution is 0.208. The first kappa shape index (κ1) is 21.2. The summed E-state index contributed by atoms with van der Waals surface area (Å²) >= 11 is 0. The van der Waals surface area contributed by atoms with Gasteiger partial charge in [-0.1, -0.05) is 19.1 Å². The second kappa shape index (κ2) is 9.85. The number of nitrogens with zero attached hydrogens (tertiary/aromatic N) is 5. The van der Waals surface area contributed by atoms with E-state index in [-0.39, 0.29) is 6.03 Å². The van der Waals surface area contributed by atoms with E-state index in [1.54, 1.807) is 0 Å². The van der Waals surface area contributed by atoms with Crippen molar-refractivity contribution >= 4 is 23.4 Å². The number of benzene rings is 1. The Morgan fingerprint density at radius 2 is 1.58 bits per heavy atom. The third kappa shape index (κ3) is 5.18. The minimum atomic E-state index is -0.104. The molecule has 1 aromatic heterocycles. The lowest BCUT2D eigenvalue weighted by Gasteiger charge is -2.35. The maximum Gasteiger partial charge on any atom is 0.322 e. The number of urea groups is 1. The summed E-state index contributed by atoms with van der Waals surface area (Å²) in [6, 6.07) is 11.5. The minimum absolute atomic E-state index is 0.104. The van der Waals surface area contributed by atoms with Crippen molar-refractivity contribution in [1.29, 1.82) is 0 Å². The van der Waals surface area contributed by atoms with Crippen molar-refractivity contribution in [2.45, 2.75) is 26.7 Å². The van der Waals surface area contributed by atoms with Crippen LogP contribution in [0, 0.1) is 5.92 Å². The molecule has 2 fully saturated rings. The average molecular weight is 425 g/mol. The zero-order chi connectivity index (χ0) is 21.6. The van der Waals surface area contributed by atoms with Crippen molar-refractivity contribution in [3.8, 4) is 5.75 Å². The van der Waals surface area contributed by atoms with Crippen LogP contribution in [0.15, 0.2) is 36.4 Å². The summed E-state index contributed by atoms with van der Waals surface area (Å²) in [5, 5.41) is 11.9. The summed E-state index contributed by atoms with van der Waals surface area (Å²) in [5.41, 5.74) is 0.699. The van der Waals surface area contributed by atoms with E-state index in [2.05, 4.69) is 44.4 Å². The monoisotopic (exact) mass is 424 g/mol. The van der Waals surface area contributed by atoms with Crippen LogP contribution in [-0.2, 0) is 0 Å². The molecule has 3 heterocycles. The van der Waals surface area contributed by atoms with Gasteiger partial charge in [0, 0.05) is 39.3 Å². The molecule has 8 heteroatoms. The van der Waals surface area contributed by atoms with Gasteiger partial charge in [0.25, 0.3) is 0 Å². The van der Waals surface area contributed by atoms with E-state index in [0.29, 0.717) is 31.1 Å². The summed E-state index contributed by atoms with van der Waals surface area (Å²) in [6.07, 6.45) is 2.42. The highest BCUT2D eigenvalue weighted by molar-refractivity contribution is 5.91. The van der Waals surface area contributed by atoms with Crippen LogP contribution in [0.1, 0.15) is 26.7 Å². The number of nitrogens with one attached hydrogen (secondary N) is 1. The average Bonchev–Trinajstić information content (AvgIpc) is 2.81. The van der Waals surface area contributed by atoms with Gasteiger partial charge in [-0.15, -0.1) is 10.2 Å². The molecule has 4 rings (SSSR count). The normalized spacial score (nSPS) is 17.5. The quantitative estimate of drug-likeness (QED) is 0.792. The second-order valence-corrected chi connectivity index (χ2v) is 8.25. The number of hydrogen-bond acceptors (Lipinski definition) is 6. The molecule has 31 heavy (non-hydrogen) atoms. The molecule has 2 aliphatic rings. The second-order valence-electron chi connectivity index (χ2n) is 8.25. The van der Waals surface area contributed by atoms with Gasteiger partial charge >= 0.3 is 6.03 Å². The molecule has 1 aromatic carbocycles. The van der Waals surface area contributed by atoms with Crippen molar-refractivity contribution < 1.29 is 9.53 Å². The lowest BCUT2D eigenvalue weighted by atomic mass is 9.99. The summed E-state index contributed by atoms with van der Waals surface area (Å²) in [6.45, 7) is 9.63. The molecule has 0 atom stereocenters. The van der Waals surface area contributed by atoms with Crippen molar-refractivity contribution in [3.63, 3.8) is 0 Å². The van der Waals surface area contributed by atoms with Crippen LogP contribution in [0.3, 0.4) is 0 Å². The van der Waals surface area contributed by atoms with Gasteiger partial charge in [0.05, 0.1) is 12.3 Å². The molecule has 0 bridgehead atoms. The largest absolute Gasteiger partial charge is 0.492 e. The SMILES string of the molecule is CCOc1ccccc1NC(=O)N1CCN(c2ccc(N3CCC(C)CC3)nn2)CC1. The standard InChI is InChI=1S/C23H32N6O2/c1-3-31-20-7-5-4-6-19(20)24-23(30)29-16-14-28(15-17-29)22-9-8-21(25-26-22)27-12-10-18(2)11-13-27/h4-9,18H,3,10-17H2,1-2H3,(H,24,30). The number of hydrogen-bond donors (Lipinski definition) is 1. The molecule has 1 N–H and O–H groups in total. The number of aromatic nitrogens is 2. The molecule has 2 saturated heterocycles. The third-order valence-corrected chi connectivity index (χ3v) is 6.06. The van der Waals surface area contributed by atoms with Crippen molar-refractivity contribution in [3.05, 3.63) is 36.4 Å². The van der Waals surface area contributed by atoms with Gasteiger partial charge in [-0.3, -0.25) is 0 Å². The first-order valence-corrected chi connectivity index (χ1v) is 11.3. The Balaban J connectivity index is 1.30. The molecule has 0 aliphatic carbocycles. The molecule has 0 unspecified atom stereocenters. The van der Waals surface area contributed by atoms with Crippen molar-refractivity contribution in [2.24, 2.45) is 5.92 Å². The van der Waals surface area contributed by atoms with Crippen molar-refractivity contribution in [1.82, 2.24) is 15.1 Å². The molecule has 0 spiro atoms. The molecule has 0 saturated carbocycles. The molecule has 166 valence electrons. The Labute approximate surface area is 184 Å². The van der Waals surface area contributed by atoms with Crippen molar-refractivity contribution in [2.75, 3.05) is 61.0 Å². The number of piperidine rings is 1. The zero-order valence-electron chi connectivity index (χ0n) is 18.5. The predicted octanol–water partition coefficient (Wildman–Crippen LogP) is 3.47. The highest BCUT2D eigenvalue weighted by Crippen LogP contribution is 2.25. The lowest BCUT2D eigenvalue weighted by Crippen LogP contribution is -2.50. The van der Waals surface area contributed by atoms with Crippen LogP contribution in [0.25, 0.3) is 0 Å². The predicted molar refractivity (Wildman–Crippen MR) is 123 cm³/mol. The van der Waals surface area contributed by atoms with Crippen LogP contribution in [0.5, 0.6) is 5.75 Å². The fraction of sp³-hybridized carbons (Fsp3) is 0.522. The molecular formula is C23H32N6O2. The van der Waals surface area contributed by atoms with Crippen LogP contribution in [0.2, 0.25) is 0 Å². The number of carbonyl (C=O) groups is 1. The Kier molecular flexibility index (Phi) is 6.74. The van der Waals surface area contributed by atoms with E-state index >= 15 is 0 Å². The van der Waals surface area contributed by atoms with Gasteiger partial charge in [-0.05, 0) is 49.9 Å². The molecule has 2 aliphatic heterocycles. The van der Waals surface area contributed by atoms with Crippen LogP contribution in [-0.4, -0.2) is 67.0 Å². The number of carbonyl (C=O) groups excluding carboxylic acids is 1. The number of para-hydroxylation sites is 2. The molecular weight excluding hydrogens is 392 g/mol. The Morgan fingerprint density at radius 3 is 2.19 bits per heavy atom. The topological polar surface area (TPSA) is 73.8 Å². The van der Waals surface area contributed by atoms with E-state index in [4.69, 9.17) is 4.74 Å². The van der Waals surface area contributed by atoms with E-state index in [1.807, 2.05) is 36.1 Å². The van der Waals surface area contributed by atoms with Gasteiger partial charge in [0.2, 0.25) is 0 Å². The van der Waals surface area contributed by atoms with Crippen LogP contribution in [0.4, 0.5) is 22.1 Å². The van der Waals surface area contributed by atoms with E-state index in [0.717, 1.165) is 43.7 Å². The highest BCUT2D eigenvalue weighted by Gasteiger charge is 2.23. The molecule has 2 amide bonds. The van der Waals surface area contributed by atoms with E-state index in [9.17, 15) is 4.79 Å². The van der Waals surface area contributed by atoms with Crippen LogP contribution < -0.4 is 19.9 Å². The Morgan fingerprint density at radius 1 is 0.968 bits per heavy atom. The smallest absolute Gasteiger partial charge is 0.322 e. The summed E-state index contributed by atoms with van der Waals surface area (Å²) in [4.78, 5) is 19.1. The van der Waals surface area contributed by atoms with E-state index < -0.39 is 0 Å². The Hall–Kier alpha value is -3.03. The van der Waals surface area contributed by atoms with Gasteiger partial charge in [0.15, 0.2) is 11.6 Å². The number of amides is 2. The summed E-state index contributed by atoms with van der Waals surface area (Å²) < 4.78 is 5.60. The molecule has 2 aromatic rings. The zero-order valence-corrected chi connectivity index (χ0v) is 18.5. The maximum absolute atomic E-state index is 12.7. The van der Waals surface area contributed by atoms with Gasteiger partial charge in [-0.25, -0.2) is 4.79 Å². The van der Waals surface area contributed by atoms with Crippen LogP contribution >= 0.6 is 0 Å². The maximum atomic E-state index is 12.7. The molecule has 0 radical (unpaired) electrons. The summed E-state index contributed by atoms with van der Waals surface area (Å²) in [5.74, 6) is 3.32. The van der Waals surface area contributed by atoms with E-state index in [1.165, 1.54) is 12.8 Å². The van der Waals surface area contributed by atoms with Gasteiger partial charge < -0.3 is 24.8 Å². The number of rotatable bonds is 5. The highest BCUT2D eigenvalue weighted by atomic mass is 16.5. The minimum Gasteiger partial charge on any atom is -0.492 e. The first-order valence-electron chi connectivity index (χ1n) is 11.3. The fourth-order valence-electron chi connectivity index (χ4n) is 4.08. The number of piperazine rings is 1. The van der Waals surface area contributed by atoms with Gasteiger partial charge in [0.1, 0.15) is 5.75 Å². The van der Waals surface area contributed by atoms with Gasteiger partial charge in [-0.2, -0.15) is 0 Å². The third-order valence-electron chi connectivity index (χ3n) is 6.06. The number of ether oxygens (including phenoxy) is 1. The first-order chi connectivity index (χ1) is 15.1. The Bertz CT molecular complexity index is 859. The summed E-state index contributed by atoms with van der Waals surface area (Å²) in [7, 11) is 0. The molecule has 8 nitrogen and oxygen atoms in total. The fourth-order valence-corrected chi connectivity index (χ4v) is 4.08.